The lowest BCUT2D eigenvalue weighted by atomic mass is 9.90. The summed E-state index contributed by atoms with van der Waals surface area (Å²) < 4.78 is 26.0. The van der Waals surface area contributed by atoms with Crippen LogP contribution < -0.4 is 0 Å². The topological polar surface area (TPSA) is 0 Å². The predicted molar refractivity (Wildman–Crippen MR) is 144 cm³/mol. The van der Waals surface area contributed by atoms with Crippen LogP contribution in [-0.2, 0) is 6.42 Å². The van der Waals surface area contributed by atoms with Gasteiger partial charge in [-0.3, -0.25) is 0 Å². The highest BCUT2D eigenvalue weighted by atomic mass is 32.1. The molecule has 0 spiro atoms. The maximum atomic E-state index is 13.0. The van der Waals surface area contributed by atoms with Crippen LogP contribution in [0.15, 0.2) is 87.7 Å². The minimum Gasteiger partial charge on any atom is -0.243 e. The van der Waals surface area contributed by atoms with E-state index in [2.05, 4.69) is 56.4 Å². The molecule has 0 unspecified atom stereocenters. The molecule has 2 aliphatic rings. The third-order valence-electron chi connectivity index (χ3n) is 4.86. The molecular weight excluding hydrogens is 438 g/mol. The van der Waals surface area contributed by atoms with Gasteiger partial charge >= 0.3 is 0 Å². The van der Waals surface area contributed by atoms with E-state index in [9.17, 15) is 8.78 Å². The van der Waals surface area contributed by atoms with Crippen molar-refractivity contribution >= 4 is 36.0 Å². The van der Waals surface area contributed by atoms with Crippen LogP contribution in [-0.4, -0.2) is 12.3 Å². The zero-order chi connectivity index (χ0) is 24.1. The summed E-state index contributed by atoms with van der Waals surface area (Å²) >= 11 is 8.73. The summed E-state index contributed by atoms with van der Waals surface area (Å²) in [7, 11) is 0. The summed E-state index contributed by atoms with van der Waals surface area (Å²) in [5, 5.41) is 2.53. The average molecular weight is 475 g/mol. The molecule has 2 atom stereocenters. The summed E-state index contributed by atoms with van der Waals surface area (Å²) in [5.74, 6) is 0. The van der Waals surface area contributed by atoms with Crippen LogP contribution in [0, 0.1) is 0 Å². The summed E-state index contributed by atoms with van der Waals surface area (Å²) in [5.41, 5.74) is 3.19. The Balaban J connectivity index is 0.000000277. The number of hydrogen-bond donors (Lipinski definition) is 2. The largest absolute Gasteiger partial charge is 0.243 e. The van der Waals surface area contributed by atoms with Crippen molar-refractivity contribution in [1.29, 1.82) is 0 Å². The summed E-state index contributed by atoms with van der Waals surface area (Å²) in [6, 6.07) is 10.4. The summed E-state index contributed by atoms with van der Waals surface area (Å²) in [6.07, 6.45) is 10.2. The minimum absolute atomic E-state index is 0.378. The standard InChI is InChI=1S/C12H12F2.C12H12S2.2C2H6/c13-11-5-1-3-9(7-11)10-4-2-6-12(14)8-10;1-2-8-5-11(14)7-9-6-10(13)3-4-12(8)9;2*1-2/h1-6,11-12H,7-8H2;3-7,13-14H,2H2,1H3;2*1-2H3/t11-,12+;;;. The number of benzene rings is 2. The lowest BCUT2D eigenvalue weighted by molar-refractivity contribution is 0.382. The van der Waals surface area contributed by atoms with Crippen molar-refractivity contribution < 1.29 is 8.78 Å². The molecule has 0 fully saturated rings. The highest BCUT2D eigenvalue weighted by Gasteiger charge is 2.17. The van der Waals surface area contributed by atoms with E-state index >= 15 is 0 Å². The third-order valence-corrected chi connectivity index (χ3v) is 5.40. The first kappa shape index (κ1) is 28.3. The van der Waals surface area contributed by atoms with Crippen LogP contribution in [0.2, 0.25) is 0 Å². The zero-order valence-electron chi connectivity index (χ0n) is 19.8. The van der Waals surface area contributed by atoms with Gasteiger partial charge in [-0.15, -0.1) is 25.3 Å². The van der Waals surface area contributed by atoms with Gasteiger partial charge in [-0.2, -0.15) is 0 Å². The quantitative estimate of drug-likeness (QED) is 0.398. The van der Waals surface area contributed by atoms with E-state index < -0.39 is 12.3 Å². The van der Waals surface area contributed by atoms with E-state index in [1.165, 1.54) is 28.5 Å². The fraction of sp³-hybridized carbons (Fsp3) is 0.357. The molecule has 0 nitrogen and oxygen atoms in total. The number of thiol groups is 2. The summed E-state index contributed by atoms with van der Waals surface area (Å²) in [6.45, 7) is 10.2. The Bertz CT molecular complexity index is 932. The van der Waals surface area contributed by atoms with Gasteiger partial charge in [0.05, 0.1) is 0 Å². The van der Waals surface area contributed by atoms with Crippen LogP contribution in [0.3, 0.4) is 0 Å². The first-order valence-electron chi connectivity index (χ1n) is 11.4. The van der Waals surface area contributed by atoms with Crippen molar-refractivity contribution in [2.75, 3.05) is 0 Å². The number of rotatable bonds is 2. The van der Waals surface area contributed by atoms with Gasteiger partial charge in [-0.05, 0) is 58.2 Å². The molecule has 174 valence electrons. The van der Waals surface area contributed by atoms with Crippen molar-refractivity contribution in [3.8, 4) is 0 Å². The van der Waals surface area contributed by atoms with Crippen molar-refractivity contribution in [1.82, 2.24) is 0 Å². The fourth-order valence-electron chi connectivity index (χ4n) is 3.46. The van der Waals surface area contributed by atoms with E-state index in [1.54, 1.807) is 12.2 Å². The molecule has 0 amide bonds. The number of allylic oxidation sites excluding steroid dienone is 8. The zero-order valence-corrected chi connectivity index (χ0v) is 21.6. The fourth-order valence-corrected chi connectivity index (χ4v) is 3.97. The molecule has 0 aromatic heterocycles. The first-order chi connectivity index (χ1) is 15.5. The number of halogens is 2. The lowest BCUT2D eigenvalue weighted by Crippen LogP contribution is -2.08. The molecule has 4 heteroatoms. The molecule has 0 saturated heterocycles. The van der Waals surface area contributed by atoms with E-state index in [1.807, 2.05) is 45.9 Å². The molecule has 2 aromatic rings. The van der Waals surface area contributed by atoms with Crippen LogP contribution in [0.4, 0.5) is 8.78 Å². The molecule has 0 heterocycles. The normalized spacial score (nSPS) is 18.8. The molecule has 0 aliphatic heterocycles. The molecule has 32 heavy (non-hydrogen) atoms. The van der Waals surface area contributed by atoms with Gasteiger partial charge in [0.15, 0.2) is 0 Å². The summed E-state index contributed by atoms with van der Waals surface area (Å²) in [4.78, 5) is 2.02. The number of fused-ring (bicyclic) bond motifs is 1. The third kappa shape index (κ3) is 8.63. The van der Waals surface area contributed by atoms with E-state index in [0.29, 0.717) is 12.8 Å². The van der Waals surface area contributed by atoms with Gasteiger partial charge in [0.1, 0.15) is 12.3 Å². The van der Waals surface area contributed by atoms with Gasteiger partial charge in [0.2, 0.25) is 0 Å². The number of hydrogen-bond acceptors (Lipinski definition) is 2. The Morgan fingerprint density at radius 1 is 0.781 bits per heavy atom. The SMILES string of the molecule is CC.CC.CCc1cc(S)cc2cc(S)ccc12.F[C@@H]1C=CC=C(C2=CC=C[C@H](F)C2)C1. The van der Waals surface area contributed by atoms with E-state index in [0.717, 1.165) is 27.4 Å². The monoisotopic (exact) mass is 474 g/mol. The maximum absolute atomic E-state index is 13.0. The Labute approximate surface area is 204 Å². The molecule has 2 aromatic carbocycles. The smallest absolute Gasteiger partial charge is 0.123 e. The van der Waals surface area contributed by atoms with E-state index in [4.69, 9.17) is 0 Å². The highest BCUT2D eigenvalue weighted by Crippen LogP contribution is 2.28. The minimum atomic E-state index is -0.917. The first-order valence-corrected chi connectivity index (χ1v) is 12.3. The molecule has 0 bridgehead atoms. The molecular formula is C28H36F2S2. The predicted octanol–water partition coefficient (Wildman–Crippen LogP) is 9.47. The number of aryl methyl sites for hydroxylation is 1. The second-order valence-electron chi connectivity index (χ2n) is 6.96. The van der Waals surface area contributed by atoms with Crippen LogP contribution in [0.1, 0.15) is 53.0 Å². The Morgan fingerprint density at radius 3 is 1.75 bits per heavy atom. The van der Waals surface area contributed by atoms with Gasteiger partial charge in [-0.1, -0.05) is 77.1 Å². The Kier molecular flexibility index (Phi) is 13.4. The van der Waals surface area contributed by atoms with Crippen molar-refractivity contribution in [3.05, 3.63) is 83.5 Å². The van der Waals surface area contributed by atoms with Crippen LogP contribution in [0.5, 0.6) is 0 Å². The molecule has 2 aliphatic carbocycles. The van der Waals surface area contributed by atoms with Gasteiger partial charge in [0.25, 0.3) is 0 Å². The molecule has 0 saturated carbocycles. The van der Waals surface area contributed by atoms with Crippen LogP contribution in [0.25, 0.3) is 10.8 Å². The maximum Gasteiger partial charge on any atom is 0.123 e. The van der Waals surface area contributed by atoms with Gasteiger partial charge in [0, 0.05) is 22.6 Å². The van der Waals surface area contributed by atoms with Crippen molar-refractivity contribution in [2.45, 2.75) is 76.0 Å². The lowest BCUT2D eigenvalue weighted by Gasteiger charge is -2.18. The van der Waals surface area contributed by atoms with Crippen LogP contribution >= 0.6 is 25.3 Å². The second kappa shape index (κ2) is 15.1. The van der Waals surface area contributed by atoms with E-state index in [-0.39, 0.29) is 0 Å². The average Bonchev–Trinajstić information content (AvgIpc) is 2.81. The molecule has 0 N–H and O–H groups in total. The van der Waals surface area contributed by atoms with Gasteiger partial charge < -0.3 is 0 Å². The van der Waals surface area contributed by atoms with Gasteiger partial charge in [-0.25, -0.2) is 8.78 Å². The number of alkyl halides is 2. The van der Waals surface area contributed by atoms with Crippen molar-refractivity contribution in [2.24, 2.45) is 0 Å². The molecule has 4 rings (SSSR count). The van der Waals surface area contributed by atoms with Crippen molar-refractivity contribution in [3.63, 3.8) is 0 Å². The Morgan fingerprint density at radius 2 is 1.28 bits per heavy atom. The Hall–Kier alpha value is -1.78. The second-order valence-corrected chi connectivity index (χ2v) is 7.99. The molecule has 0 radical (unpaired) electrons. The highest BCUT2D eigenvalue weighted by molar-refractivity contribution is 7.80.